The van der Waals surface area contributed by atoms with Gasteiger partial charge in [-0.25, -0.2) is 4.39 Å². The molecule has 74 valence electrons. The van der Waals surface area contributed by atoms with E-state index >= 15 is 0 Å². The molecule has 2 rings (SSSR count). The van der Waals surface area contributed by atoms with Crippen LogP contribution in [-0.2, 0) is 11.8 Å². The van der Waals surface area contributed by atoms with Crippen LogP contribution in [0.3, 0.4) is 0 Å². The summed E-state index contributed by atoms with van der Waals surface area (Å²) in [6, 6.07) is 5.52. The number of halogens is 2. The number of aryl methyl sites for hydroxylation is 1. The van der Waals surface area contributed by atoms with Crippen LogP contribution < -0.4 is 0 Å². The highest BCUT2D eigenvalue weighted by Gasteiger charge is 2.08. The second-order valence-electron chi connectivity index (χ2n) is 3.15. The molecular formula is C11H10BrFS. The van der Waals surface area contributed by atoms with Gasteiger partial charge in [0.2, 0.25) is 0 Å². The molecule has 0 bridgehead atoms. The molecule has 14 heavy (non-hydrogen) atoms. The maximum absolute atomic E-state index is 13.4. The molecule has 0 saturated carbocycles. The van der Waals surface area contributed by atoms with E-state index in [1.165, 1.54) is 21.8 Å². The SMILES string of the molecule is CCc1ccc(F)c2sc(CBr)cc12. The second-order valence-corrected chi connectivity index (χ2v) is 4.85. The number of thiophene rings is 1. The Morgan fingerprint density at radius 3 is 2.86 bits per heavy atom. The Hall–Kier alpha value is -0.410. The highest BCUT2D eigenvalue weighted by Crippen LogP contribution is 2.32. The third kappa shape index (κ3) is 1.59. The van der Waals surface area contributed by atoms with E-state index in [0.29, 0.717) is 0 Å². The molecule has 0 saturated heterocycles. The summed E-state index contributed by atoms with van der Waals surface area (Å²) in [7, 11) is 0. The number of rotatable bonds is 2. The van der Waals surface area contributed by atoms with Crippen molar-refractivity contribution in [1.29, 1.82) is 0 Å². The Morgan fingerprint density at radius 1 is 1.43 bits per heavy atom. The molecule has 1 aromatic carbocycles. The topological polar surface area (TPSA) is 0 Å². The maximum atomic E-state index is 13.4. The Kier molecular flexibility index (Phi) is 2.88. The Balaban J connectivity index is 2.74. The van der Waals surface area contributed by atoms with Crippen molar-refractivity contribution < 1.29 is 4.39 Å². The van der Waals surface area contributed by atoms with Gasteiger partial charge in [-0.05, 0) is 29.5 Å². The van der Waals surface area contributed by atoms with Gasteiger partial charge in [0.1, 0.15) is 5.82 Å². The third-order valence-electron chi connectivity index (χ3n) is 2.29. The molecule has 1 heterocycles. The van der Waals surface area contributed by atoms with Crippen molar-refractivity contribution in [2.45, 2.75) is 18.7 Å². The predicted molar refractivity (Wildman–Crippen MR) is 63.8 cm³/mol. The molecule has 0 amide bonds. The van der Waals surface area contributed by atoms with E-state index in [1.807, 2.05) is 6.07 Å². The molecule has 3 heteroatoms. The summed E-state index contributed by atoms with van der Waals surface area (Å²) in [6.07, 6.45) is 0.954. The van der Waals surface area contributed by atoms with Crippen LogP contribution in [-0.4, -0.2) is 0 Å². The van der Waals surface area contributed by atoms with Crippen LogP contribution >= 0.6 is 27.3 Å². The fourth-order valence-corrected chi connectivity index (χ4v) is 3.04. The van der Waals surface area contributed by atoms with Gasteiger partial charge in [0.05, 0.1) is 4.70 Å². The fraction of sp³-hybridized carbons (Fsp3) is 0.273. The first-order valence-corrected chi connectivity index (χ1v) is 6.45. The lowest BCUT2D eigenvalue weighted by molar-refractivity contribution is 0.641. The van der Waals surface area contributed by atoms with Gasteiger partial charge in [-0.15, -0.1) is 11.3 Å². The summed E-state index contributed by atoms with van der Waals surface area (Å²) >= 11 is 4.93. The van der Waals surface area contributed by atoms with Gasteiger partial charge in [-0.1, -0.05) is 28.9 Å². The van der Waals surface area contributed by atoms with Crippen LogP contribution in [0.5, 0.6) is 0 Å². The number of hydrogen-bond donors (Lipinski definition) is 0. The van der Waals surface area contributed by atoms with E-state index in [-0.39, 0.29) is 5.82 Å². The first kappa shape index (κ1) is 10.1. The van der Waals surface area contributed by atoms with Gasteiger partial charge in [0.15, 0.2) is 0 Å². The number of alkyl halides is 1. The van der Waals surface area contributed by atoms with Crippen LogP contribution in [0.25, 0.3) is 10.1 Å². The van der Waals surface area contributed by atoms with Gasteiger partial charge >= 0.3 is 0 Å². The zero-order valence-corrected chi connectivity index (χ0v) is 10.2. The van der Waals surface area contributed by atoms with E-state index < -0.39 is 0 Å². The normalized spacial score (nSPS) is 11.1. The predicted octanol–water partition coefficient (Wildman–Crippen LogP) is 4.50. The van der Waals surface area contributed by atoms with Crippen LogP contribution in [0, 0.1) is 5.82 Å². The van der Waals surface area contributed by atoms with Crippen LogP contribution in [0.2, 0.25) is 0 Å². The van der Waals surface area contributed by atoms with Crippen LogP contribution in [0.1, 0.15) is 17.4 Å². The average Bonchev–Trinajstić information content (AvgIpc) is 2.63. The van der Waals surface area contributed by atoms with Gasteiger partial charge in [0, 0.05) is 10.2 Å². The summed E-state index contributed by atoms with van der Waals surface area (Å²) in [5.41, 5.74) is 1.23. The standard InChI is InChI=1S/C11H10BrFS/c1-2-7-3-4-10(13)11-9(7)5-8(6-12)14-11/h3-5H,2,6H2,1H3. The van der Waals surface area contributed by atoms with E-state index in [2.05, 4.69) is 28.9 Å². The zero-order chi connectivity index (χ0) is 10.1. The summed E-state index contributed by atoms with van der Waals surface area (Å²) in [4.78, 5) is 1.18. The molecule has 0 nitrogen and oxygen atoms in total. The van der Waals surface area contributed by atoms with Gasteiger partial charge < -0.3 is 0 Å². The molecule has 0 aliphatic heterocycles. The second kappa shape index (κ2) is 3.99. The number of fused-ring (bicyclic) bond motifs is 1. The largest absolute Gasteiger partial charge is 0.205 e. The molecule has 2 aromatic rings. The third-order valence-corrected chi connectivity index (χ3v) is 4.41. The van der Waals surface area contributed by atoms with Crippen molar-refractivity contribution in [2.75, 3.05) is 0 Å². The minimum atomic E-state index is -0.102. The summed E-state index contributed by atoms with van der Waals surface area (Å²) in [5, 5.41) is 1.88. The molecule has 0 unspecified atom stereocenters. The lowest BCUT2D eigenvalue weighted by Crippen LogP contribution is -1.82. The van der Waals surface area contributed by atoms with E-state index in [9.17, 15) is 4.39 Å². The lowest BCUT2D eigenvalue weighted by atomic mass is 10.1. The Labute approximate surface area is 94.9 Å². The smallest absolute Gasteiger partial charge is 0.141 e. The lowest BCUT2D eigenvalue weighted by Gasteiger charge is -1.98. The summed E-state index contributed by atoms with van der Waals surface area (Å²) in [5.74, 6) is -0.102. The van der Waals surface area contributed by atoms with Crippen molar-refractivity contribution in [3.05, 3.63) is 34.5 Å². The quantitative estimate of drug-likeness (QED) is 0.707. The number of hydrogen-bond acceptors (Lipinski definition) is 1. The van der Waals surface area contributed by atoms with Crippen LogP contribution in [0.4, 0.5) is 4.39 Å². The maximum Gasteiger partial charge on any atom is 0.141 e. The van der Waals surface area contributed by atoms with Crippen molar-refractivity contribution in [3.63, 3.8) is 0 Å². The van der Waals surface area contributed by atoms with Crippen molar-refractivity contribution in [3.8, 4) is 0 Å². The molecule has 0 aliphatic carbocycles. The first-order chi connectivity index (χ1) is 6.76. The molecule has 0 fully saturated rings. The molecular weight excluding hydrogens is 263 g/mol. The van der Waals surface area contributed by atoms with Crippen molar-refractivity contribution in [1.82, 2.24) is 0 Å². The summed E-state index contributed by atoms with van der Waals surface area (Å²) in [6.45, 7) is 2.10. The highest BCUT2D eigenvalue weighted by atomic mass is 79.9. The monoisotopic (exact) mass is 272 g/mol. The Morgan fingerprint density at radius 2 is 2.21 bits per heavy atom. The minimum Gasteiger partial charge on any atom is -0.205 e. The van der Waals surface area contributed by atoms with E-state index in [1.54, 1.807) is 6.07 Å². The van der Waals surface area contributed by atoms with Gasteiger partial charge in [0.25, 0.3) is 0 Å². The molecule has 0 spiro atoms. The Bertz CT molecular complexity index is 462. The van der Waals surface area contributed by atoms with E-state index in [0.717, 1.165) is 21.8 Å². The average molecular weight is 273 g/mol. The molecule has 0 N–H and O–H groups in total. The zero-order valence-electron chi connectivity index (χ0n) is 7.81. The highest BCUT2D eigenvalue weighted by molar-refractivity contribution is 9.08. The molecule has 0 atom stereocenters. The molecule has 0 aliphatic rings. The summed E-state index contributed by atoms with van der Waals surface area (Å²) < 4.78 is 14.2. The van der Waals surface area contributed by atoms with Crippen molar-refractivity contribution >= 4 is 37.4 Å². The van der Waals surface area contributed by atoms with Gasteiger partial charge in [-0.3, -0.25) is 0 Å². The van der Waals surface area contributed by atoms with Gasteiger partial charge in [-0.2, -0.15) is 0 Å². The molecule has 1 aromatic heterocycles. The molecule has 0 radical (unpaired) electrons. The van der Waals surface area contributed by atoms with Crippen LogP contribution in [0.15, 0.2) is 18.2 Å². The minimum absolute atomic E-state index is 0.102. The fourth-order valence-electron chi connectivity index (χ4n) is 1.57. The van der Waals surface area contributed by atoms with Crippen molar-refractivity contribution in [2.24, 2.45) is 0 Å². The first-order valence-electron chi connectivity index (χ1n) is 4.52. The van der Waals surface area contributed by atoms with E-state index in [4.69, 9.17) is 0 Å². The number of benzene rings is 1.